The van der Waals surface area contributed by atoms with Gasteiger partial charge < -0.3 is 15.5 Å². The highest BCUT2D eigenvalue weighted by atomic mass is 32.2. The third kappa shape index (κ3) is 3.13. The van der Waals surface area contributed by atoms with E-state index in [4.69, 9.17) is 0 Å². The molecule has 106 valence electrons. The number of rotatable bonds is 2. The lowest BCUT2D eigenvalue weighted by Gasteiger charge is -2.35. The summed E-state index contributed by atoms with van der Waals surface area (Å²) in [5.41, 5.74) is 0. The van der Waals surface area contributed by atoms with E-state index in [9.17, 15) is 18.6 Å². The molecule has 3 N–H and O–H groups in total. The lowest BCUT2D eigenvalue weighted by atomic mass is 10.2. The summed E-state index contributed by atoms with van der Waals surface area (Å²) in [7, 11) is -3.90. The quantitative estimate of drug-likeness (QED) is 0.649. The second-order valence-corrected chi connectivity index (χ2v) is 6.38. The predicted molar refractivity (Wildman–Crippen MR) is 69.6 cm³/mol. The van der Waals surface area contributed by atoms with Gasteiger partial charge in [-0.2, -0.15) is 0 Å². The van der Waals surface area contributed by atoms with Gasteiger partial charge in [0.15, 0.2) is 0 Å². The molecule has 0 aliphatic carbocycles. The molecule has 0 radical (unpaired) electrons. The van der Waals surface area contributed by atoms with Gasteiger partial charge in [-0.05, 0) is 25.1 Å². The zero-order valence-corrected chi connectivity index (χ0v) is 11.3. The minimum Gasteiger partial charge on any atom is -0.353 e. The van der Waals surface area contributed by atoms with E-state index in [2.05, 4.69) is 5.32 Å². The van der Waals surface area contributed by atoms with Gasteiger partial charge >= 0.3 is 0 Å². The number of benzene rings is 1. The Morgan fingerprint density at radius 2 is 1.84 bits per heavy atom. The number of hydrogen-bond donors (Lipinski definition) is 3. The zero-order valence-electron chi connectivity index (χ0n) is 10.5. The third-order valence-corrected chi connectivity index (χ3v) is 5.01. The number of hydrogen-bond acceptors (Lipinski definition) is 5. The molecule has 0 unspecified atom stereocenters. The summed E-state index contributed by atoms with van der Waals surface area (Å²) in [6.45, 7) is 1.07. The molecule has 7 heteroatoms. The molecule has 0 aromatic heterocycles. The van der Waals surface area contributed by atoms with E-state index in [1.165, 1.54) is 12.1 Å². The minimum atomic E-state index is -3.90. The van der Waals surface area contributed by atoms with E-state index in [1.54, 1.807) is 18.2 Å². The Balaban J connectivity index is 2.36. The highest BCUT2D eigenvalue weighted by Crippen LogP contribution is 2.24. The van der Waals surface area contributed by atoms with Gasteiger partial charge in [-0.15, -0.1) is 4.31 Å². The van der Waals surface area contributed by atoms with Crippen LogP contribution in [0, 0.1) is 0 Å². The summed E-state index contributed by atoms with van der Waals surface area (Å²) in [5, 5.41) is 23.0. The first kappa shape index (κ1) is 14.4. The number of nitrogens with zero attached hydrogens (tertiary/aromatic N) is 1. The molecule has 1 aromatic carbocycles. The second kappa shape index (κ2) is 5.56. The van der Waals surface area contributed by atoms with Gasteiger partial charge in [0.25, 0.3) is 0 Å². The first-order valence-corrected chi connectivity index (χ1v) is 7.62. The molecule has 2 rings (SSSR count). The zero-order chi connectivity index (χ0) is 13.9. The van der Waals surface area contributed by atoms with E-state index in [-0.39, 0.29) is 17.9 Å². The van der Waals surface area contributed by atoms with E-state index >= 15 is 0 Å². The van der Waals surface area contributed by atoms with Crippen LogP contribution in [0.3, 0.4) is 0 Å². The van der Waals surface area contributed by atoms with Gasteiger partial charge in [-0.25, -0.2) is 8.42 Å². The van der Waals surface area contributed by atoms with Crippen LogP contribution in [-0.2, 0) is 10.0 Å². The highest BCUT2D eigenvalue weighted by molar-refractivity contribution is 7.89. The maximum atomic E-state index is 12.5. The molecule has 19 heavy (non-hydrogen) atoms. The first-order chi connectivity index (χ1) is 8.94. The summed E-state index contributed by atoms with van der Waals surface area (Å²) in [5.74, 6) is -2.36. The van der Waals surface area contributed by atoms with Gasteiger partial charge in [0.05, 0.1) is 4.90 Å². The van der Waals surface area contributed by atoms with E-state index in [1.807, 2.05) is 0 Å². The Labute approximate surface area is 112 Å². The van der Waals surface area contributed by atoms with Crippen LogP contribution in [0.1, 0.15) is 12.8 Å². The van der Waals surface area contributed by atoms with Crippen LogP contribution in [0.4, 0.5) is 0 Å². The summed E-state index contributed by atoms with van der Waals surface area (Å²) >= 11 is 0. The molecule has 1 aliphatic rings. The third-order valence-electron chi connectivity index (χ3n) is 3.08. The average molecular weight is 286 g/mol. The summed E-state index contributed by atoms with van der Waals surface area (Å²) < 4.78 is 25.7. The van der Waals surface area contributed by atoms with Gasteiger partial charge in [0.1, 0.15) is 0 Å². The van der Waals surface area contributed by atoms with Crippen molar-refractivity contribution in [2.24, 2.45) is 0 Å². The fourth-order valence-corrected chi connectivity index (χ4v) is 3.67. The first-order valence-electron chi connectivity index (χ1n) is 6.18. The molecule has 0 atom stereocenters. The standard InChI is InChI=1S/C12H18N2O4S/c15-12(16)7-9-13-8-4-10-14(12)19(17,18)11-5-2-1-3-6-11/h1-3,5-6,13,15-16H,4,7-10H2. The van der Waals surface area contributed by atoms with Crippen molar-refractivity contribution in [2.75, 3.05) is 19.6 Å². The van der Waals surface area contributed by atoms with Crippen molar-refractivity contribution < 1.29 is 18.6 Å². The van der Waals surface area contributed by atoms with Crippen LogP contribution in [0.5, 0.6) is 0 Å². The maximum absolute atomic E-state index is 12.5. The lowest BCUT2D eigenvalue weighted by Crippen LogP contribution is -2.55. The smallest absolute Gasteiger partial charge is 0.247 e. The summed E-state index contributed by atoms with van der Waals surface area (Å²) in [4.78, 5) is 0.0657. The molecular weight excluding hydrogens is 268 g/mol. The van der Waals surface area contributed by atoms with Crippen LogP contribution >= 0.6 is 0 Å². The lowest BCUT2D eigenvalue weighted by molar-refractivity contribution is -0.237. The van der Waals surface area contributed by atoms with Crippen LogP contribution in [0.25, 0.3) is 0 Å². The Morgan fingerprint density at radius 3 is 2.53 bits per heavy atom. The molecule has 0 amide bonds. The second-order valence-electron chi connectivity index (χ2n) is 4.52. The van der Waals surface area contributed by atoms with Gasteiger partial charge in [-0.1, -0.05) is 18.2 Å². The molecule has 1 heterocycles. The summed E-state index contributed by atoms with van der Waals surface area (Å²) in [6, 6.07) is 7.82. The SMILES string of the molecule is O=S(=O)(c1ccccc1)N1CCCNCCC1(O)O. The van der Waals surface area contributed by atoms with Crippen molar-refractivity contribution in [3.05, 3.63) is 30.3 Å². The van der Waals surface area contributed by atoms with Crippen LogP contribution in [0.15, 0.2) is 35.2 Å². The molecule has 0 bridgehead atoms. The molecule has 1 aliphatic heterocycles. The van der Waals surface area contributed by atoms with Crippen molar-refractivity contribution in [3.63, 3.8) is 0 Å². The number of aliphatic hydroxyl groups is 2. The van der Waals surface area contributed by atoms with E-state index in [0.29, 0.717) is 19.5 Å². The van der Waals surface area contributed by atoms with Crippen LogP contribution in [-0.4, -0.2) is 48.5 Å². The number of nitrogens with one attached hydrogen (secondary N) is 1. The van der Waals surface area contributed by atoms with E-state index in [0.717, 1.165) is 4.31 Å². The largest absolute Gasteiger partial charge is 0.353 e. The van der Waals surface area contributed by atoms with Crippen molar-refractivity contribution in [1.82, 2.24) is 9.62 Å². The number of sulfonamides is 1. The highest BCUT2D eigenvalue weighted by Gasteiger charge is 2.41. The van der Waals surface area contributed by atoms with E-state index < -0.39 is 15.9 Å². The molecule has 6 nitrogen and oxygen atoms in total. The molecule has 1 fully saturated rings. The maximum Gasteiger partial charge on any atom is 0.247 e. The van der Waals surface area contributed by atoms with Gasteiger partial charge in [0.2, 0.25) is 15.9 Å². The Morgan fingerprint density at radius 1 is 1.16 bits per heavy atom. The fourth-order valence-electron chi connectivity index (χ4n) is 2.06. The fraction of sp³-hybridized carbons (Fsp3) is 0.500. The Hall–Kier alpha value is -0.990. The Kier molecular flexibility index (Phi) is 4.22. The minimum absolute atomic E-state index is 0.0657. The van der Waals surface area contributed by atoms with Crippen molar-refractivity contribution in [2.45, 2.75) is 23.6 Å². The van der Waals surface area contributed by atoms with Crippen molar-refractivity contribution >= 4 is 10.0 Å². The molecule has 0 spiro atoms. The normalized spacial score (nSPS) is 21.6. The average Bonchev–Trinajstić information content (AvgIpc) is 2.35. The monoisotopic (exact) mass is 286 g/mol. The van der Waals surface area contributed by atoms with Gasteiger partial charge in [-0.3, -0.25) is 0 Å². The van der Waals surface area contributed by atoms with Crippen LogP contribution in [0.2, 0.25) is 0 Å². The topological polar surface area (TPSA) is 89.9 Å². The predicted octanol–water partition coefficient (Wildman–Crippen LogP) is -0.301. The molecule has 0 saturated carbocycles. The summed E-state index contributed by atoms with van der Waals surface area (Å²) in [6.07, 6.45) is 0.452. The molecule has 1 saturated heterocycles. The van der Waals surface area contributed by atoms with Crippen LogP contribution < -0.4 is 5.32 Å². The molecular formula is C12H18N2O4S. The van der Waals surface area contributed by atoms with Crippen molar-refractivity contribution in [1.29, 1.82) is 0 Å². The molecule has 1 aromatic rings. The van der Waals surface area contributed by atoms with Gasteiger partial charge in [0, 0.05) is 19.5 Å². The Bertz CT molecular complexity index is 516. The van der Waals surface area contributed by atoms with Crippen molar-refractivity contribution in [3.8, 4) is 0 Å².